The average Bonchev–Trinajstić information content (AvgIpc) is 2.93. The number of hydrogen-bond acceptors (Lipinski definition) is 5. The number of carbonyl (C=O) groups is 4. The van der Waals surface area contributed by atoms with Crippen molar-refractivity contribution in [2.24, 2.45) is 11.8 Å². The maximum absolute atomic E-state index is 12.6. The molecule has 1 heterocycles. The van der Waals surface area contributed by atoms with Gasteiger partial charge in [0.1, 0.15) is 0 Å². The second-order valence-electron chi connectivity index (χ2n) is 7.41. The summed E-state index contributed by atoms with van der Waals surface area (Å²) in [6, 6.07) is 0. The number of carbonyl (C=O) groups excluding carboxylic acids is 4. The van der Waals surface area contributed by atoms with Gasteiger partial charge in [0.15, 0.2) is 0 Å². The molecule has 3 aliphatic carbocycles. The molecule has 0 aromatic rings. The van der Waals surface area contributed by atoms with Gasteiger partial charge in [0.05, 0.1) is 5.92 Å². The van der Waals surface area contributed by atoms with Crippen LogP contribution in [0.3, 0.4) is 0 Å². The fraction of sp³-hybridized carbons (Fsp3) is 0.667. The van der Waals surface area contributed by atoms with E-state index in [1.807, 2.05) is 0 Å². The highest BCUT2D eigenvalue weighted by atomic mass is 16.2. The number of hydrogen-bond donors (Lipinski definition) is 1. The first-order valence-corrected chi connectivity index (χ1v) is 8.88. The Bertz CT molecular complexity index is 626. The first-order chi connectivity index (χ1) is 11.8. The Hall–Kier alpha value is -2.02. The Morgan fingerprint density at radius 2 is 1.96 bits per heavy atom. The predicted octanol–water partition coefficient (Wildman–Crippen LogP) is 0.455. The van der Waals surface area contributed by atoms with Crippen molar-refractivity contribution < 1.29 is 19.2 Å². The number of nitrogens with zero attached hydrogens (tertiary/aromatic N) is 2. The van der Waals surface area contributed by atoms with Crippen LogP contribution in [0.2, 0.25) is 0 Å². The lowest BCUT2D eigenvalue weighted by molar-refractivity contribution is -0.149. The summed E-state index contributed by atoms with van der Waals surface area (Å²) in [4.78, 5) is 50.4. The molecule has 1 N–H and O–H groups in total. The third-order valence-corrected chi connectivity index (χ3v) is 5.59. The lowest BCUT2D eigenvalue weighted by Gasteiger charge is -2.48. The summed E-state index contributed by atoms with van der Waals surface area (Å²) in [6.07, 6.45) is 7.23. The Labute approximate surface area is 147 Å². The zero-order chi connectivity index (χ0) is 18.2. The van der Waals surface area contributed by atoms with Gasteiger partial charge in [0.25, 0.3) is 0 Å². The van der Waals surface area contributed by atoms with Crippen LogP contribution in [0, 0.1) is 11.8 Å². The highest BCUT2D eigenvalue weighted by Gasteiger charge is 2.48. The molecule has 4 amide bonds. The second kappa shape index (κ2) is 6.71. The van der Waals surface area contributed by atoms with E-state index in [1.54, 1.807) is 19.0 Å². The second-order valence-corrected chi connectivity index (χ2v) is 7.41. The third kappa shape index (κ3) is 3.25. The van der Waals surface area contributed by atoms with E-state index >= 15 is 0 Å². The van der Waals surface area contributed by atoms with E-state index in [0.717, 1.165) is 24.2 Å². The number of allylic oxidation sites excluding steroid dienone is 1. The molecule has 4 aliphatic rings. The van der Waals surface area contributed by atoms with Crippen LogP contribution in [-0.4, -0.2) is 59.6 Å². The van der Waals surface area contributed by atoms with Gasteiger partial charge in [-0.2, -0.15) is 0 Å². The molecule has 2 bridgehead atoms. The minimum absolute atomic E-state index is 0.0688. The summed E-state index contributed by atoms with van der Waals surface area (Å²) in [5.41, 5.74) is -0.435. The SMILES string of the molecule is CN(C)C(=O)[C@@H]1C[C@H]2C=C[C@]1(NCCC(=O)N1C(=O)CCC1=O)CC2. The lowest BCUT2D eigenvalue weighted by Crippen LogP contribution is -2.59. The van der Waals surface area contributed by atoms with E-state index in [-0.39, 0.29) is 31.1 Å². The lowest BCUT2D eigenvalue weighted by atomic mass is 9.63. The molecule has 0 aromatic heterocycles. The molecule has 0 unspecified atom stereocenters. The zero-order valence-corrected chi connectivity index (χ0v) is 14.8. The van der Waals surface area contributed by atoms with Crippen LogP contribution in [0.15, 0.2) is 12.2 Å². The van der Waals surface area contributed by atoms with E-state index in [0.29, 0.717) is 12.5 Å². The Morgan fingerprint density at radius 3 is 2.52 bits per heavy atom. The number of nitrogens with one attached hydrogen (secondary N) is 1. The normalized spacial score (nSPS) is 30.9. The topological polar surface area (TPSA) is 86.8 Å². The molecule has 0 spiro atoms. The number of amides is 4. The van der Waals surface area contributed by atoms with Gasteiger partial charge in [0, 0.05) is 45.4 Å². The van der Waals surface area contributed by atoms with E-state index in [1.165, 1.54) is 0 Å². The zero-order valence-electron chi connectivity index (χ0n) is 14.8. The van der Waals surface area contributed by atoms with Crippen LogP contribution in [0.5, 0.6) is 0 Å². The van der Waals surface area contributed by atoms with E-state index in [4.69, 9.17) is 0 Å². The van der Waals surface area contributed by atoms with Gasteiger partial charge in [-0.25, -0.2) is 4.90 Å². The van der Waals surface area contributed by atoms with Crippen LogP contribution in [0.4, 0.5) is 0 Å². The Kier molecular flexibility index (Phi) is 4.77. The van der Waals surface area contributed by atoms with Crippen molar-refractivity contribution in [3.05, 3.63) is 12.2 Å². The molecular formula is C18H25N3O4. The number of imide groups is 3. The summed E-state index contributed by atoms with van der Waals surface area (Å²) < 4.78 is 0. The first kappa shape index (κ1) is 17.8. The molecule has 1 saturated carbocycles. The predicted molar refractivity (Wildman–Crippen MR) is 90.1 cm³/mol. The molecule has 0 radical (unpaired) electrons. The molecule has 136 valence electrons. The van der Waals surface area contributed by atoms with Crippen LogP contribution < -0.4 is 5.32 Å². The Morgan fingerprint density at radius 1 is 1.28 bits per heavy atom. The largest absolute Gasteiger partial charge is 0.349 e. The summed E-state index contributed by atoms with van der Waals surface area (Å²) >= 11 is 0. The molecule has 1 saturated heterocycles. The monoisotopic (exact) mass is 347 g/mol. The number of fused-ring (bicyclic) bond motifs is 2. The number of rotatable bonds is 5. The van der Waals surface area contributed by atoms with Gasteiger partial charge in [-0.15, -0.1) is 0 Å². The van der Waals surface area contributed by atoms with Gasteiger partial charge in [0.2, 0.25) is 23.6 Å². The third-order valence-electron chi connectivity index (χ3n) is 5.59. The van der Waals surface area contributed by atoms with Crippen molar-refractivity contribution in [1.82, 2.24) is 15.1 Å². The highest BCUT2D eigenvalue weighted by molar-refractivity contribution is 6.15. The standard InChI is InChI=1S/C18H25N3O4/c1-20(2)17(25)13-11-12-5-8-18(13,9-6-12)19-10-7-16(24)21-14(22)3-4-15(21)23/h5,8,12-13,19H,3-4,6-7,9-11H2,1-2H3/t12-,13-,18-/m0/s1. The quantitative estimate of drug-likeness (QED) is 0.577. The fourth-order valence-corrected chi connectivity index (χ4v) is 4.18. The van der Waals surface area contributed by atoms with Crippen molar-refractivity contribution in [2.45, 2.75) is 44.1 Å². The van der Waals surface area contributed by atoms with Gasteiger partial charge >= 0.3 is 0 Å². The van der Waals surface area contributed by atoms with Gasteiger partial charge in [-0.1, -0.05) is 12.2 Å². The molecule has 3 atom stereocenters. The van der Waals surface area contributed by atoms with Crippen molar-refractivity contribution in [3.63, 3.8) is 0 Å². The molecule has 4 rings (SSSR count). The minimum atomic E-state index is -0.458. The smallest absolute Gasteiger partial charge is 0.237 e. The highest BCUT2D eigenvalue weighted by Crippen LogP contribution is 2.44. The number of likely N-dealkylation sites (tertiary alicyclic amines) is 1. The van der Waals surface area contributed by atoms with Crippen LogP contribution in [0.1, 0.15) is 38.5 Å². The van der Waals surface area contributed by atoms with Crippen LogP contribution >= 0.6 is 0 Å². The van der Waals surface area contributed by atoms with E-state index < -0.39 is 23.3 Å². The molecule has 7 heteroatoms. The van der Waals surface area contributed by atoms with Crippen molar-refractivity contribution in [1.29, 1.82) is 0 Å². The van der Waals surface area contributed by atoms with E-state index in [9.17, 15) is 19.2 Å². The molecule has 0 aromatic carbocycles. The van der Waals surface area contributed by atoms with Crippen molar-refractivity contribution >= 4 is 23.6 Å². The maximum Gasteiger partial charge on any atom is 0.237 e. The van der Waals surface area contributed by atoms with Gasteiger partial charge < -0.3 is 10.2 Å². The first-order valence-electron chi connectivity index (χ1n) is 8.88. The van der Waals surface area contributed by atoms with Crippen molar-refractivity contribution in [2.75, 3.05) is 20.6 Å². The summed E-state index contributed by atoms with van der Waals surface area (Å²) in [7, 11) is 3.52. The van der Waals surface area contributed by atoms with Gasteiger partial charge in [-0.3, -0.25) is 19.2 Å². The molecule has 7 nitrogen and oxygen atoms in total. The van der Waals surface area contributed by atoms with Crippen molar-refractivity contribution in [3.8, 4) is 0 Å². The summed E-state index contributed by atoms with van der Waals surface area (Å²) in [5.74, 6) is -0.882. The fourth-order valence-electron chi connectivity index (χ4n) is 4.18. The summed E-state index contributed by atoms with van der Waals surface area (Å²) in [6.45, 7) is 0.335. The van der Waals surface area contributed by atoms with Crippen LogP contribution in [0.25, 0.3) is 0 Å². The minimum Gasteiger partial charge on any atom is -0.349 e. The molecular weight excluding hydrogens is 322 g/mol. The summed E-state index contributed by atoms with van der Waals surface area (Å²) in [5, 5.41) is 3.39. The molecule has 2 fully saturated rings. The Balaban J connectivity index is 1.64. The average molecular weight is 347 g/mol. The van der Waals surface area contributed by atoms with Crippen LogP contribution in [-0.2, 0) is 19.2 Å². The van der Waals surface area contributed by atoms with Gasteiger partial charge in [-0.05, 0) is 25.2 Å². The molecule has 25 heavy (non-hydrogen) atoms. The maximum atomic E-state index is 12.6. The molecule has 1 aliphatic heterocycles. The van der Waals surface area contributed by atoms with E-state index in [2.05, 4.69) is 17.5 Å².